The van der Waals surface area contributed by atoms with E-state index in [1.807, 2.05) is 6.92 Å². The van der Waals surface area contributed by atoms with Crippen LogP contribution in [0.2, 0.25) is 0 Å². The lowest BCUT2D eigenvalue weighted by atomic mass is 10.1. The second kappa shape index (κ2) is 10.7. The van der Waals surface area contributed by atoms with E-state index in [2.05, 4.69) is 20.9 Å². The van der Waals surface area contributed by atoms with E-state index in [4.69, 9.17) is 5.73 Å². The Morgan fingerprint density at radius 3 is 2.55 bits per heavy atom. The van der Waals surface area contributed by atoms with Gasteiger partial charge < -0.3 is 21.7 Å². The SMILES string of the molecule is CCC[C@@H](NC(N)=O)C(=O)NCCN1CCNCC1.Cl. The van der Waals surface area contributed by atoms with E-state index in [-0.39, 0.29) is 18.3 Å². The Labute approximate surface area is 126 Å². The number of primary amides is 1. The van der Waals surface area contributed by atoms with Crippen molar-refractivity contribution in [3.05, 3.63) is 0 Å². The molecule has 0 radical (unpaired) electrons. The molecule has 118 valence electrons. The number of piperazine rings is 1. The fourth-order valence-corrected chi connectivity index (χ4v) is 2.12. The van der Waals surface area contributed by atoms with Crippen molar-refractivity contribution < 1.29 is 9.59 Å². The van der Waals surface area contributed by atoms with E-state index in [1.54, 1.807) is 0 Å². The molecule has 0 spiro atoms. The minimum absolute atomic E-state index is 0. The van der Waals surface area contributed by atoms with Gasteiger partial charge in [-0.15, -0.1) is 12.4 Å². The van der Waals surface area contributed by atoms with Crippen molar-refractivity contribution in [3.8, 4) is 0 Å². The molecule has 0 saturated carbocycles. The Bertz CT molecular complexity index is 298. The quantitative estimate of drug-likeness (QED) is 0.498. The van der Waals surface area contributed by atoms with Crippen LogP contribution < -0.4 is 21.7 Å². The zero-order valence-corrected chi connectivity index (χ0v) is 12.8. The van der Waals surface area contributed by atoms with Crippen molar-refractivity contribution in [2.45, 2.75) is 25.8 Å². The predicted octanol–water partition coefficient (Wildman–Crippen LogP) is -0.733. The molecule has 1 aliphatic rings. The number of carbonyl (C=O) groups is 2. The van der Waals surface area contributed by atoms with E-state index in [0.717, 1.165) is 39.1 Å². The van der Waals surface area contributed by atoms with Crippen LogP contribution in [0.1, 0.15) is 19.8 Å². The van der Waals surface area contributed by atoms with Gasteiger partial charge in [-0.25, -0.2) is 4.79 Å². The van der Waals surface area contributed by atoms with Crippen LogP contribution in [0.25, 0.3) is 0 Å². The molecule has 8 heteroatoms. The lowest BCUT2D eigenvalue weighted by Crippen LogP contribution is -2.51. The first kappa shape index (κ1) is 18.9. The van der Waals surface area contributed by atoms with Gasteiger partial charge in [0, 0.05) is 39.3 Å². The number of nitrogens with zero attached hydrogens (tertiary/aromatic N) is 1. The number of nitrogens with two attached hydrogens (primary N) is 1. The Kier molecular flexibility index (Phi) is 10.1. The van der Waals surface area contributed by atoms with E-state index in [1.165, 1.54) is 0 Å². The fraction of sp³-hybridized carbons (Fsp3) is 0.833. The maximum Gasteiger partial charge on any atom is 0.312 e. The van der Waals surface area contributed by atoms with Gasteiger partial charge in [0.1, 0.15) is 6.04 Å². The van der Waals surface area contributed by atoms with E-state index < -0.39 is 12.1 Å². The average Bonchev–Trinajstić information content (AvgIpc) is 2.39. The van der Waals surface area contributed by atoms with Gasteiger partial charge in [0.2, 0.25) is 5.91 Å². The molecule has 1 fully saturated rings. The van der Waals surface area contributed by atoms with Crippen LogP contribution in [0.4, 0.5) is 4.79 Å². The topological polar surface area (TPSA) is 99.5 Å². The summed E-state index contributed by atoms with van der Waals surface area (Å²) in [5.41, 5.74) is 5.06. The molecule has 1 rings (SSSR count). The number of hydrogen-bond acceptors (Lipinski definition) is 4. The highest BCUT2D eigenvalue weighted by atomic mass is 35.5. The zero-order valence-electron chi connectivity index (χ0n) is 12.0. The van der Waals surface area contributed by atoms with Gasteiger partial charge >= 0.3 is 6.03 Å². The van der Waals surface area contributed by atoms with Gasteiger partial charge in [-0.1, -0.05) is 13.3 Å². The molecule has 0 aliphatic carbocycles. The summed E-state index contributed by atoms with van der Waals surface area (Å²) in [4.78, 5) is 25.0. The van der Waals surface area contributed by atoms with E-state index in [0.29, 0.717) is 13.0 Å². The molecular weight excluding hydrogens is 282 g/mol. The van der Waals surface area contributed by atoms with Crippen molar-refractivity contribution in [1.82, 2.24) is 20.9 Å². The van der Waals surface area contributed by atoms with Crippen molar-refractivity contribution in [2.75, 3.05) is 39.3 Å². The molecule has 1 atom stereocenters. The molecule has 1 aliphatic heterocycles. The number of halogens is 1. The molecule has 0 aromatic heterocycles. The highest BCUT2D eigenvalue weighted by Gasteiger charge is 2.18. The smallest absolute Gasteiger partial charge is 0.312 e. The van der Waals surface area contributed by atoms with Gasteiger partial charge in [-0.2, -0.15) is 0 Å². The Morgan fingerprint density at radius 2 is 2.00 bits per heavy atom. The van der Waals surface area contributed by atoms with Crippen molar-refractivity contribution in [1.29, 1.82) is 0 Å². The number of rotatable bonds is 7. The molecule has 1 heterocycles. The normalized spacial score (nSPS) is 16.9. The van der Waals surface area contributed by atoms with Gasteiger partial charge in [0.15, 0.2) is 0 Å². The molecule has 5 N–H and O–H groups in total. The van der Waals surface area contributed by atoms with Crippen LogP contribution in [-0.2, 0) is 4.79 Å². The fourth-order valence-electron chi connectivity index (χ4n) is 2.12. The summed E-state index contributed by atoms with van der Waals surface area (Å²) in [6.45, 7) is 7.40. The first-order chi connectivity index (χ1) is 9.13. The Morgan fingerprint density at radius 1 is 1.35 bits per heavy atom. The van der Waals surface area contributed by atoms with Crippen LogP contribution in [0.15, 0.2) is 0 Å². The van der Waals surface area contributed by atoms with Gasteiger partial charge in [0.25, 0.3) is 0 Å². The van der Waals surface area contributed by atoms with Crippen LogP contribution in [-0.4, -0.2) is 62.1 Å². The second-order valence-corrected chi connectivity index (χ2v) is 4.73. The van der Waals surface area contributed by atoms with E-state index in [9.17, 15) is 9.59 Å². The summed E-state index contributed by atoms with van der Waals surface area (Å²) in [5.74, 6) is -0.157. The number of hydrogen-bond donors (Lipinski definition) is 4. The first-order valence-corrected chi connectivity index (χ1v) is 6.90. The highest BCUT2D eigenvalue weighted by Crippen LogP contribution is 1.97. The third-order valence-corrected chi connectivity index (χ3v) is 3.15. The Balaban J connectivity index is 0.00000361. The molecule has 0 aromatic rings. The monoisotopic (exact) mass is 307 g/mol. The third-order valence-electron chi connectivity index (χ3n) is 3.15. The maximum absolute atomic E-state index is 11.9. The van der Waals surface area contributed by atoms with Crippen molar-refractivity contribution in [2.24, 2.45) is 5.73 Å². The molecule has 20 heavy (non-hydrogen) atoms. The van der Waals surface area contributed by atoms with Crippen LogP contribution in [0.5, 0.6) is 0 Å². The van der Waals surface area contributed by atoms with Crippen molar-refractivity contribution in [3.63, 3.8) is 0 Å². The molecule has 3 amide bonds. The lowest BCUT2D eigenvalue weighted by molar-refractivity contribution is -0.123. The van der Waals surface area contributed by atoms with Crippen LogP contribution in [0, 0.1) is 0 Å². The van der Waals surface area contributed by atoms with E-state index >= 15 is 0 Å². The molecule has 0 unspecified atom stereocenters. The summed E-state index contributed by atoms with van der Waals surface area (Å²) in [5, 5.41) is 8.60. The van der Waals surface area contributed by atoms with Crippen LogP contribution >= 0.6 is 12.4 Å². The minimum atomic E-state index is -0.657. The first-order valence-electron chi connectivity index (χ1n) is 6.90. The standard InChI is InChI=1S/C12H25N5O2.ClH/c1-2-3-10(16-12(13)19)11(18)15-6-9-17-7-4-14-5-8-17;/h10,14H,2-9H2,1H3,(H,15,18)(H3,13,16,19);1H/t10-;/m1./s1. The molecule has 1 saturated heterocycles. The summed E-state index contributed by atoms with van der Waals surface area (Å²) in [7, 11) is 0. The molecular formula is C12H26ClN5O2. The van der Waals surface area contributed by atoms with Gasteiger partial charge in [0.05, 0.1) is 0 Å². The average molecular weight is 308 g/mol. The number of urea groups is 1. The molecule has 0 aromatic carbocycles. The third kappa shape index (κ3) is 7.52. The summed E-state index contributed by atoms with van der Waals surface area (Å²) in [6.07, 6.45) is 1.42. The zero-order chi connectivity index (χ0) is 14.1. The summed E-state index contributed by atoms with van der Waals surface area (Å²) < 4.78 is 0. The van der Waals surface area contributed by atoms with Crippen molar-refractivity contribution >= 4 is 24.3 Å². The summed E-state index contributed by atoms with van der Waals surface area (Å²) in [6, 6.07) is -1.18. The second-order valence-electron chi connectivity index (χ2n) is 4.73. The number of amides is 3. The molecule has 0 bridgehead atoms. The van der Waals surface area contributed by atoms with Crippen LogP contribution in [0.3, 0.4) is 0 Å². The largest absolute Gasteiger partial charge is 0.353 e. The maximum atomic E-state index is 11.9. The lowest BCUT2D eigenvalue weighted by Gasteiger charge is -2.27. The summed E-state index contributed by atoms with van der Waals surface area (Å²) >= 11 is 0. The number of nitrogens with one attached hydrogen (secondary N) is 3. The molecule has 7 nitrogen and oxygen atoms in total. The predicted molar refractivity (Wildman–Crippen MR) is 81.0 cm³/mol. The Hall–Kier alpha value is -1.05. The highest BCUT2D eigenvalue weighted by molar-refractivity contribution is 5.86. The van der Waals surface area contributed by atoms with Gasteiger partial charge in [-0.3, -0.25) is 9.69 Å². The van der Waals surface area contributed by atoms with Gasteiger partial charge in [-0.05, 0) is 6.42 Å². The minimum Gasteiger partial charge on any atom is -0.353 e. The number of carbonyl (C=O) groups excluding carboxylic acids is 2.